The lowest BCUT2D eigenvalue weighted by atomic mass is 9.80. The normalized spacial score (nSPS) is 31.8. The molecule has 0 unspecified atom stereocenters. The summed E-state index contributed by atoms with van der Waals surface area (Å²) in [5.74, 6) is -2.34. The molecule has 9 heteroatoms. The topological polar surface area (TPSA) is 65.1 Å². The SMILES string of the molecule is CO[C@@H]1COCC[C@@H]1N(C(=O)C(F)(F)F)[C@@H]1C[C@H]2CCC[C@@]2(C(=O)OCc2ccccc2)C1. The quantitative estimate of drug-likeness (QED) is 0.592. The maximum Gasteiger partial charge on any atom is 0.471 e. The summed E-state index contributed by atoms with van der Waals surface area (Å²) in [4.78, 5) is 26.8. The average molecular weight is 470 g/mol. The van der Waals surface area contributed by atoms with Crippen LogP contribution in [-0.2, 0) is 30.4 Å². The van der Waals surface area contributed by atoms with E-state index >= 15 is 0 Å². The first-order valence-electron chi connectivity index (χ1n) is 11.5. The smallest absolute Gasteiger partial charge is 0.460 e. The van der Waals surface area contributed by atoms with Gasteiger partial charge in [0.25, 0.3) is 0 Å². The number of carbonyl (C=O) groups excluding carboxylic acids is 2. The minimum absolute atomic E-state index is 0.102. The predicted molar refractivity (Wildman–Crippen MR) is 112 cm³/mol. The molecule has 1 heterocycles. The molecule has 1 aromatic carbocycles. The Morgan fingerprint density at radius 1 is 1.21 bits per heavy atom. The predicted octanol–water partition coefficient (Wildman–Crippen LogP) is 3.87. The molecule has 2 aliphatic carbocycles. The Morgan fingerprint density at radius 2 is 1.97 bits per heavy atom. The zero-order chi connectivity index (χ0) is 23.6. The molecule has 0 spiro atoms. The molecule has 3 aliphatic rings. The molecule has 6 nitrogen and oxygen atoms in total. The molecule has 0 bridgehead atoms. The first-order chi connectivity index (χ1) is 15.8. The molecule has 0 radical (unpaired) electrons. The van der Waals surface area contributed by atoms with Gasteiger partial charge in [-0.15, -0.1) is 0 Å². The van der Waals surface area contributed by atoms with Gasteiger partial charge in [0, 0.05) is 19.8 Å². The maximum atomic E-state index is 13.6. The van der Waals surface area contributed by atoms with Crippen LogP contribution in [-0.4, -0.2) is 61.5 Å². The third-order valence-corrected chi connectivity index (χ3v) is 7.53. The number of rotatable bonds is 6. The van der Waals surface area contributed by atoms with Crippen LogP contribution in [0.3, 0.4) is 0 Å². The summed E-state index contributed by atoms with van der Waals surface area (Å²) < 4.78 is 57.3. The number of hydrogen-bond donors (Lipinski definition) is 0. The third-order valence-electron chi connectivity index (χ3n) is 7.53. The van der Waals surface area contributed by atoms with E-state index in [9.17, 15) is 22.8 Å². The summed E-state index contributed by atoms with van der Waals surface area (Å²) in [6.07, 6.45) is -2.72. The van der Waals surface area contributed by atoms with Gasteiger partial charge < -0.3 is 19.1 Å². The number of methoxy groups -OCH3 is 1. The molecule has 2 saturated carbocycles. The molecule has 5 atom stereocenters. The van der Waals surface area contributed by atoms with Gasteiger partial charge in [-0.1, -0.05) is 36.8 Å². The van der Waals surface area contributed by atoms with Crippen LogP contribution in [0.2, 0.25) is 0 Å². The van der Waals surface area contributed by atoms with Crippen molar-refractivity contribution in [1.82, 2.24) is 4.90 Å². The van der Waals surface area contributed by atoms with Crippen LogP contribution in [0.15, 0.2) is 30.3 Å². The maximum absolute atomic E-state index is 13.6. The van der Waals surface area contributed by atoms with E-state index in [2.05, 4.69) is 0 Å². The highest BCUT2D eigenvalue weighted by Crippen LogP contribution is 2.56. The number of esters is 1. The number of fused-ring (bicyclic) bond motifs is 1. The average Bonchev–Trinajstić information content (AvgIpc) is 3.36. The second-order valence-electron chi connectivity index (χ2n) is 9.32. The summed E-state index contributed by atoms with van der Waals surface area (Å²) in [5, 5.41) is 0. The molecule has 1 amide bonds. The minimum atomic E-state index is -5.00. The lowest BCUT2D eigenvalue weighted by Gasteiger charge is -2.43. The van der Waals surface area contributed by atoms with Gasteiger partial charge in [0.1, 0.15) is 12.7 Å². The van der Waals surface area contributed by atoms with Crippen LogP contribution in [0.5, 0.6) is 0 Å². The lowest BCUT2D eigenvalue weighted by Crippen LogP contribution is -2.58. The largest absolute Gasteiger partial charge is 0.471 e. The van der Waals surface area contributed by atoms with E-state index in [1.54, 1.807) is 0 Å². The van der Waals surface area contributed by atoms with Crippen LogP contribution in [0.1, 0.15) is 44.1 Å². The number of halogens is 3. The fraction of sp³-hybridized carbons (Fsp3) is 0.667. The molecule has 182 valence electrons. The molecular formula is C24H30F3NO5. The van der Waals surface area contributed by atoms with Gasteiger partial charge in [0.2, 0.25) is 0 Å². The van der Waals surface area contributed by atoms with E-state index in [1.807, 2.05) is 30.3 Å². The summed E-state index contributed by atoms with van der Waals surface area (Å²) in [6.45, 7) is 0.505. The first kappa shape index (κ1) is 24.0. The molecule has 1 aliphatic heterocycles. The van der Waals surface area contributed by atoms with E-state index in [4.69, 9.17) is 14.2 Å². The van der Waals surface area contributed by atoms with Crippen LogP contribution >= 0.6 is 0 Å². The first-order valence-corrected chi connectivity index (χ1v) is 11.5. The van der Waals surface area contributed by atoms with Crippen molar-refractivity contribution >= 4 is 11.9 Å². The summed E-state index contributed by atoms with van der Waals surface area (Å²) in [6, 6.07) is 7.84. The molecule has 1 saturated heterocycles. The highest BCUT2D eigenvalue weighted by Gasteiger charge is 2.60. The second kappa shape index (κ2) is 9.62. The van der Waals surface area contributed by atoms with Crippen molar-refractivity contribution in [3.8, 4) is 0 Å². The molecule has 0 aromatic heterocycles. The van der Waals surface area contributed by atoms with Crippen molar-refractivity contribution in [3.63, 3.8) is 0 Å². The number of benzene rings is 1. The minimum Gasteiger partial charge on any atom is -0.460 e. The molecule has 3 fully saturated rings. The monoisotopic (exact) mass is 469 g/mol. The van der Waals surface area contributed by atoms with E-state index in [-0.39, 0.29) is 44.5 Å². The van der Waals surface area contributed by atoms with E-state index in [0.717, 1.165) is 23.3 Å². The number of amides is 1. The van der Waals surface area contributed by atoms with E-state index in [0.29, 0.717) is 12.8 Å². The number of carbonyl (C=O) groups is 2. The third kappa shape index (κ3) is 4.75. The number of alkyl halides is 3. The zero-order valence-electron chi connectivity index (χ0n) is 18.7. The lowest BCUT2D eigenvalue weighted by molar-refractivity contribution is -0.197. The number of hydrogen-bond acceptors (Lipinski definition) is 5. The Hall–Kier alpha value is -2.13. The fourth-order valence-corrected chi connectivity index (χ4v) is 6.00. The van der Waals surface area contributed by atoms with E-state index < -0.39 is 35.7 Å². The fourth-order valence-electron chi connectivity index (χ4n) is 6.00. The zero-order valence-corrected chi connectivity index (χ0v) is 18.7. The van der Waals surface area contributed by atoms with Gasteiger partial charge in [-0.3, -0.25) is 9.59 Å². The van der Waals surface area contributed by atoms with Crippen molar-refractivity contribution in [2.75, 3.05) is 20.3 Å². The Bertz CT molecular complexity index is 848. The van der Waals surface area contributed by atoms with Crippen molar-refractivity contribution < 1.29 is 37.0 Å². The van der Waals surface area contributed by atoms with Gasteiger partial charge in [-0.25, -0.2) is 0 Å². The van der Waals surface area contributed by atoms with Crippen molar-refractivity contribution in [1.29, 1.82) is 0 Å². The highest BCUT2D eigenvalue weighted by atomic mass is 19.4. The van der Waals surface area contributed by atoms with Crippen molar-refractivity contribution in [2.24, 2.45) is 11.3 Å². The van der Waals surface area contributed by atoms with Crippen molar-refractivity contribution in [3.05, 3.63) is 35.9 Å². The highest BCUT2D eigenvalue weighted by molar-refractivity contribution is 5.83. The van der Waals surface area contributed by atoms with Gasteiger partial charge >= 0.3 is 18.1 Å². The van der Waals surface area contributed by atoms with Crippen LogP contribution in [0.25, 0.3) is 0 Å². The van der Waals surface area contributed by atoms with Gasteiger partial charge in [0.15, 0.2) is 0 Å². The molecule has 0 N–H and O–H groups in total. The second-order valence-corrected chi connectivity index (χ2v) is 9.32. The standard InChI is InChI=1S/C24H30F3NO5/c1-31-20-15-32-11-9-19(20)28(21(29)24(25,26)27)18-12-17-8-5-10-23(17,13-18)22(30)33-14-16-6-3-2-4-7-16/h2-4,6-7,17-20H,5,8-15H2,1H3/t17-,18-,19+,20-,23-/m1/s1. The van der Waals surface area contributed by atoms with Crippen LogP contribution < -0.4 is 0 Å². The Morgan fingerprint density at radius 3 is 2.67 bits per heavy atom. The number of ether oxygens (including phenoxy) is 3. The molecular weight excluding hydrogens is 439 g/mol. The van der Waals surface area contributed by atoms with Gasteiger partial charge in [-0.05, 0) is 43.6 Å². The van der Waals surface area contributed by atoms with Gasteiger partial charge in [0.05, 0.1) is 18.1 Å². The molecule has 33 heavy (non-hydrogen) atoms. The summed E-state index contributed by atoms with van der Waals surface area (Å²) in [7, 11) is 1.41. The summed E-state index contributed by atoms with van der Waals surface area (Å²) >= 11 is 0. The number of nitrogens with zero attached hydrogens (tertiary/aromatic N) is 1. The van der Waals surface area contributed by atoms with Crippen molar-refractivity contribution in [2.45, 2.75) is 69.5 Å². The Balaban J connectivity index is 1.56. The van der Waals surface area contributed by atoms with Crippen LogP contribution in [0.4, 0.5) is 13.2 Å². The Labute approximate surface area is 191 Å². The molecule has 4 rings (SSSR count). The van der Waals surface area contributed by atoms with E-state index in [1.165, 1.54) is 7.11 Å². The molecule has 1 aromatic rings. The van der Waals surface area contributed by atoms with Crippen LogP contribution in [0, 0.1) is 11.3 Å². The Kier molecular flexibility index (Phi) is 7.00. The van der Waals surface area contributed by atoms with Gasteiger partial charge in [-0.2, -0.15) is 13.2 Å². The summed E-state index contributed by atoms with van der Waals surface area (Å²) in [5.41, 5.74) is 0.00230.